The first-order chi connectivity index (χ1) is 10.3. The molecule has 0 aromatic heterocycles. The Morgan fingerprint density at radius 1 is 1.23 bits per heavy atom. The van der Waals surface area contributed by atoms with Crippen LogP contribution in [0.4, 0.5) is 5.69 Å². The number of rotatable bonds is 6. The summed E-state index contributed by atoms with van der Waals surface area (Å²) < 4.78 is 0. The maximum absolute atomic E-state index is 4.82. The molecule has 0 atom stereocenters. The van der Waals surface area contributed by atoms with Crippen molar-refractivity contribution in [2.24, 2.45) is 4.99 Å². The monoisotopic (exact) mass is 416 g/mol. The third-order valence-electron chi connectivity index (χ3n) is 4.05. The summed E-state index contributed by atoms with van der Waals surface area (Å²) in [6.07, 6.45) is 1.11. The molecule has 1 aromatic carbocycles. The number of fused-ring (bicyclic) bond motifs is 1. The lowest BCUT2D eigenvalue weighted by Gasteiger charge is -2.23. The molecule has 0 saturated carbocycles. The maximum Gasteiger partial charge on any atom is 0.198 e. The quantitative estimate of drug-likeness (QED) is 0.440. The standard InChI is InChI=1S/C17H28N4.HI/c1-4-18-17(19-12-14-20(5-2)6-3)21-13-11-15-9-7-8-10-16(15)21;/h7-10H,4-6,11-14H2,1-3H3,(H,18,19);1H. The molecule has 0 spiro atoms. The first kappa shape index (κ1) is 19.2. The Bertz CT molecular complexity index is 471. The first-order valence-corrected chi connectivity index (χ1v) is 8.16. The van der Waals surface area contributed by atoms with E-state index in [1.165, 1.54) is 11.3 Å². The molecule has 1 aliphatic rings. The van der Waals surface area contributed by atoms with E-state index in [4.69, 9.17) is 4.99 Å². The van der Waals surface area contributed by atoms with Crippen LogP contribution in [0.3, 0.4) is 0 Å². The fourth-order valence-corrected chi connectivity index (χ4v) is 2.79. The van der Waals surface area contributed by atoms with Crippen LogP contribution in [0.1, 0.15) is 26.3 Å². The van der Waals surface area contributed by atoms with E-state index in [0.717, 1.165) is 51.6 Å². The Morgan fingerprint density at radius 2 is 1.95 bits per heavy atom. The molecule has 124 valence electrons. The summed E-state index contributed by atoms with van der Waals surface area (Å²) in [5.41, 5.74) is 2.73. The molecule has 5 heteroatoms. The predicted molar refractivity (Wildman–Crippen MR) is 107 cm³/mol. The highest BCUT2D eigenvalue weighted by Crippen LogP contribution is 2.27. The third kappa shape index (κ3) is 4.84. The van der Waals surface area contributed by atoms with Crippen molar-refractivity contribution in [1.82, 2.24) is 10.2 Å². The zero-order chi connectivity index (χ0) is 15.1. The second-order valence-corrected chi connectivity index (χ2v) is 5.29. The Labute approximate surface area is 152 Å². The molecular weight excluding hydrogens is 387 g/mol. The van der Waals surface area contributed by atoms with Gasteiger partial charge in [-0.1, -0.05) is 32.0 Å². The highest BCUT2D eigenvalue weighted by Gasteiger charge is 2.22. The summed E-state index contributed by atoms with van der Waals surface area (Å²) in [5.74, 6) is 1.02. The van der Waals surface area contributed by atoms with Gasteiger partial charge in [0.15, 0.2) is 5.96 Å². The van der Waals surface area contributed by atoms with Gasteiger partial charge in [-0.15, -0.1) is 24.0 Å². The number of benzene rings is 1. The zero-order valence-corrected chi connectivity index (χ0v) is 16.3. The van der Waals surface area contributed by atoms with Crippen LogP contribution in [0.15, 0.2) is 29.3 Å². The Morgan fingerprint density at radius 3 is 2.64 bits per heavy atom. The summed E-state index contributed by atoms with van der Waals surface area (Å²) in [7, 11) is 0. The maximum atomic E-state index is 4.82. The number of likely N-dealkylation sites (N-methyl/N-ethyl adjacent to an activating group) is 1. The zero-order valence-electron chi connectivity index (χ0n) is 14.0. The lowest BCUT2D eigenvalue weighted by atomic mass is 10.2. The molecule has 4 nitrogen and oxygen atoms in total. The van der Waals surface area contributed by atoms with E-state index in [1.807, 2.05) is 0 Å². The number of para-hydroxylation sites is 1. The first-order valence-electron chi connectivity index (χ1n) is 8.16. The fourth-order valence-electron chi connectivity index (χ4n) is 2.79. The van der Waals surface area contributed by atoms with Crippen LogP contribution < -0.4 is 10.2 Å². The van der Waals surface area contributed by atoms with Crippen molar-refractivity contribution in [3.63, 3.8) is 0 Å². The van der Waals surface area contributed by atoms with Gasteiger partial charge in [0.25, 0.3) is 0 Å². The fraction of sp³-hybridized carbons (Fsp3) is 0.588. The lowest BCUT2D eigenvalue weighted by molar-refractivity contribution is 0.313. The van der Waals surface area contributed by atoms with Gasteiger partial charge in [-0.2, -0.15) is 0 Å². The second kappa shape index (κ2) is 10.0. The van der Waals surface area contributed by atoms with Gasteiger partial charge in [-0.3, -0.25) is 4.99 Å². The van der Waals surface area contributed by atoms with Crippen LogP contribution in [0.2, 0.25) is 0 Å². The highest BCUT2D eigenvalue weighted by molar-refractivity contribution is 14.0. The van der Waals surface area contributed by atoms with Crippen molar-refractivity contribution in [1.29, 1.82) is 0 Å². The van der Waals surface area contributed by atoms with E-state index in [0.29, 0.717) is 0 Å². The van der Waals surface area contributed by atoms with E-state index in [1.54, 1.807) is 0 Å². The van der Waals surface area contributed by atoms with Gasteiger partial charge < -0.3 is 15.1 Å². The normalized spacial score (nSPS) is 14.0. The van der Waals surface area contributed by atoms with Crippen LogP contribution in [0, 0.1) is 0 Å². The molecule has 0 bridgehead atoms. The summed E-state index contributed by atoms with van der Waals surface area (Å²) >= 11 is 0. The van der Waals surface area contributed by atoms with E-state index in [2.05, 4.69) is 60.2 Å². The molecule has 22 heavy (non-hydrogen) atoms. The van der Waals surface area contributed by atoms with Crippen LogP contribution >= 0.6 is 24.0 Å². The molecule has 0 aliphatic carbocycles. The number of halogens is 1. The van der Waals surface area contributed by atoms with Gasteiger partial charge >= 0.3 is 0 Å². The minimum absolute atomic E-state index is 0. The molecule has 1 heterocycles. The van der Waals surface area contributed by atoms with Crippen molar-refractivity contribution in [3.05, 3.63) is 29.8 Å². The molecule has 0 saturated heterocycles. The topological polar surface area (TPSA) is 30.9 Å². The Kier molecular flexibility index (Phi) is 8.78. The minimum atomic E-state index is 0. The summed E-state index contributed by atoms with van der Waals surface area (Å²) in [6.45, 7) is 12.5. The van der Waals surface area contributed by atoms with Crippen molar-refractivity contribution in [3.8, 4) is 0 Å². The molecule has 0 fully saturated rings. The minimum Gasteiger partial charge on any atom is -0.356 e. The molecular formula is C17H29IN4. The van der Waals surface area contributed by atoms with Gasteiger partial charge in [0.05, 0.1) is 6.54 Å². The second-order valence-electron chi connectivity index (χ2n) is 5.29. The molecule has 1 aliphatic heterocycles. The SMILES string of the molecule is CCNC(=NCCN(CC)CC)N1CCc2ccccc21.I. The number of hydrogen-bond donors (Lipinski definition) is 1. The number of nitrogens with one attached hydrogen (secondary N) is 1. The Balaban J connectivity index is 0.00000242. The van der Waals surface area contributed by atoms with Crippen molar-refractivity contribution in [2.45, 2.75) is 27.2 Å². The number of aliphatic imine (C=N–C) groups is 1. The molecule has 0 amide bonds. The number of nitrogens with zero attached hydrogens (tertiary/aromatic N) is 3. The number of anilines is 1. The van der Waals surface area contributed by atoms with Crippen LogP contribution in [0.5, 0.6) is 0 Å². The summed E-state index contributed by atoms with van der Waals surface area (Å²) in [4.78, 5) is 9.55. The van der Waals surface area contributed by atoms with E-state index < -0.39 is 0 Å². The van der Waals surface area contributed by atoms with Crippen LogP contribution in [0.25, 0.3) is 0 Å². The van der Waals surface area contributed by atoms with E-state index >= 15 is 0 Å². The third-order valence-corrected chi connectivity index (χ3v) is 4.05. The van der Waals surface area contributed by atoms with Crippen molar-refractivity contribution in [2.75, 3.05) is 44.2 Å². The van der Waals surface area contributed by atoms with Crippen LogP contribution in [-0.2, 0) is 6.42 Å². The average molecular weight is 416 g/mol. The van der Waals surface area contributed by atoms with Crippen LogP contribution in [-0.4, -0.2) is 50.1 Å². The molecule has 2 rings (SSSR count). The van der Waals surface area contributed by atoms with Crippen molar-refractivity contribution >= 4 is 35.6 Å². The van der Waals surface area contributed by atoms with Crippen molar-refractivity contribution < 1.29 is 0 Å². The molecule has 1 N–H and O–H groups in total. The summed E-state index contributed by atoms with van der Waals surface area (Å²) in [5, 5.41) is 3.43. The molecule has 0 unspecified atom stereocenters. The van der Waals surface area contributed by atoms with Gasteiger partial charge in [0.2, 0.25) is 0 Å². The Hall–Kier alpha value is -0.820. The largest absolute Gasteiger partial charge is 0.356 e. The van der Waals surface area contributed by atoms with Gasteiger partial charge in [-0.25, -0.2) is 0 Å². The van der Waals surface area contributed by atoms with Gasteiger partial charge in [0.1, 0.15) is 0 Å². The number of hydrogen-bond acceptors (Lipinski definition) is 2. The average Bonchev–Trinajstić information content (AvgIpc) is 2.94. The predicted octanol–water partition coefficient (Wildman–Crippen LogP) is 2.97. The van der Waals surface area contributed by atoms with E-state index in [9.17, 15) is 0 Å². The highest BCUT2D eigenvalue weighted by atomic mass is 127. The molecule has 1 aromatic rings. The van der Waals surface area contributed by atoms with E-state index in [-0.39, 0.29) is 24.0 Å². The van der Waals surface area contributed by atoms with Gasteiger partial charge in [0, 0.05) is 25.3 Å². The smallest absolute Gasteiger partial charge is 0.198 e. The number of guanidine groups is 1. The summed E-state index contributed by atoms with van der Waals surface area (Å²) in [6, 6.07) is 8.64. The lowest BCUT2D eigenvalue weighted by Crippen LogP contribution is -2.41. The van der Waals surface area contributed by atoms with Gasteiger partial charge in [-0.05, 0) is 38.1 Å². The molecule has 0 radical (unpaired) electrons.